The Hall–Kier alpha value is -0.930. The Labute approximate surface area is 50.8 Å². The molecule has 0 aromatic carbocycles. The van der Waals surface area contributed by atoms with E-state index in [9.17, 15) is 13.6 Å². The first-order chi connectivity index (χ1) is 4.04. The minimum absolute atomic E-state index is 0.491. The van der Waals surface area contributed by atoms with Crippen LogP contribution in [0.2, 0.25) is 0 Å². The fourth-order valence-electron chi connectivity index (χ4n) is 0.271. The molecule has 0 rings (SSSR count). The summed E-state index contributed by atoms with van der Waals surface area (Å²) in [5, 5.41) is 8.19. The first-order valence-electron chi connectivity index (χ1n) is 2.23. The molecule has 0 amide bonds. The molecule has 1 N–H and O–H groups in total. The molecule has 0 unspecified atom stereocenters. The van der Waals surface area contributed by atoms with Gasteiger partial charge in [0.15, 0.2) is 11.5 Å². The number of hydrogen-bond acceptors (Lipinski definition) is 2. The molecule has 0 spiro atoms. The summed E-state index contributed by atoms with van der Waals surface area (Å²) in [5.41, 5.74) is 0. The highest BCUT2D eigenvalue weighted by atomic mass is 19.3. The highest BCUT2D eigenvalue weighted by molar-refractivity contribution is 5.87. The predicted molar refractivity (Wildman–Crippen MR) is 27.4 cm³/mol. The lowest BCUT2D eigenvalue weighted by Crippen LogP contribution is -1.97. The maximum absolute atomic E-state index is 11.3. The molecule has 0 aliphatic rings. The molecular weight excluding hydrogens is 130 g/mol. The first-order valence-corrected chi connectivity index (χ1v) is 2.23. The van der Waals surface area contributed by atoms with Gasteiger partial charge in [-0.25, -0.2) is 8.78 Å². The van der Waals surface area contributed by atoms with Gasteiger partial charge in [0.1, 0.15) is 0 Å². The Morgan fingerprint density at radius 1 is 1.67 bits per heavy atom. The molecule has 0 bridgehead atoms. The van der Waals surface area contributed by atoms with E-state index in [0.29, 0.717) is 6.08 Å². The molecule has 0 fully saturated rings. The van der Waals surface area contributed by atoms with Crippen LogP contribution in [0.3, 0.4) is 0 Å². The van der Waals surface area contributed by atoms with Gasteiger partial charge in [0.05, 0.1) is 0 Å². The number of carbonyl (C=O) groups excluding carboxylic acids is 1. The molecule has 9 heavy (non-hydrogen) atoms. The van der Waals surface area contributed by atoms with Crippen LogP contribution in [0.1, 0.15) is 6.92 Å². The molecule has 2 nitrogen and oxygen atoms in total. The second-order valence-corrected chi connectivity index (χ2v) is 1.48. The van der Waals surface area contributed by atoms with Crippen molar-refractivity contribution in [3.8, 4) is 0 Å². The summed E-state index contributed by atoms with van der Waals surface area (Å²) in [4.78, 5) is 9.99. The summed E-state index contributed by atoms with van der Waals surface area (Å²) in [5.74, 6) is -1.77. The van der Waals surface area contributed by atoms with Crippen LogP contribution in [0.5, 0.6) is 0 Å². The topological polar surface area (TPSA) is 37.3 Å². The van der Waals surface area contributed by atoms with Gasteiger partial charge in [-0.1, -0.05) is 0 Å². The van der Waals surface area contributed by atoms with Crippen LogP contribution in [-0.2, 0) is 4.79 Å². The van der Waals surface area contributed by atoms with E-state index in [2.05, 4.69) is 0 Å². The summed E-state index contributed by atoms with van der Waals surface area (Å²) in [6.07, 6.45) is -2.46. The number of carbonyl (C=O) groups is 1. The number of alkyl halides is 2. The van der Waals surface area contributed by atoms with Crippen molar-refractivity contribution < 1.29 is 18.7 Å². The summed E-state index contributed by atoms with van der Waals surface area (Å²) < 4.78 is 22.6. The average Bonchev–Trinajstić information content (AvgIpc) is 1.63. The van der Waals surface area contributed by atoms with Gasteiger partial charge in [-0.2, -0.15) is 0 Å². The lowest BCUT2D eigenvalue weighted by atomic mass is 10.3. The minimum atomic E-state index is -2.95. The van der Waals surface area contributed by atoms with Crippen molar-refractivity contribution in [3.63, 3.8) is 0 Å². The molecule has 0 saturated carbocycles. The van der Waals surface area contributed by atoms with Crippen molar-refractivity contribution >= 4 is 5.78 Å². The molecule has 4 heteroatoms. The van der Waals surface area contributed by atoms with E-state index < -0.39 is 18.0 Å². The third-order valence-electron chi connectivity index (χ3n) is 0.575. The summed E-state index contributed by atoms with van der Waals surface area (Å²) in [6.45, 7) is 1.08. The van der Waals surface area contributed by atoms with Gasteiger partial charge in [-0.3, -0.25) is 4.79 Å². The molecule has 52 valence electrons. The minimum Gasteiger partial charge on any atom is -0.506 e. The highest BCUT2D eigenvalue weighted by Gasteiger charge is 2.08. The molecule has 0 aromatic rings. The molecule has 0 heterocycles. The number of hydrogen-bond donors (Lipinski definition) is 1. The number of rotatable bonds is 2. The second kappa shape index (κ2) is 3.17. The quantitative estimate of drug-likeness (QED) is 0.458. The third-order valence-corrected chi connectivity index (χ3v) is 0.575. The average molecular weight is 136 g/mol. The molecule has 0 aromatic heterocycles. The molecule has 0 aliphatic heterocycles. The van der Waals surface area contributed by atoms with Crippen LogP contribution in [0.4, 0.5) is 8.78 Å². The van der Waals surface area contributed by atoms with Crippen molar-refractivity contribution in [1.82, 2.24) is 0 Å². The van der Waals surface area contributed by atoms with Crippen molar-refractivity contribution in [2.24, 2.45) is 0 Å². The number of aliphatic hydroxyl groups is 1. The van der Waals surface area contributed by atoms with Crippen LogP contribution in [0.15, 0.2) is 11.8 Å². The van der Waals surface area contributed by atoms with Gasteiger partial charge in [-0.05, 0) is 6.92 Å². The zero-order valence-corrected chi connectivity index (χ0v) is 4.77. The smallest absolute Gasteiger partial charge is 0.294 e. The highest BCUT2D eigenvalue weighted by Crippen LogP contribution is 2.03. The van der Waals surface area contributed by atoms with Gasteiger partial charge >= 0.3 is 0 Å². The van der Waals surface area contributed by atoms with Gasteiger partial charge in [0.25, 0.3) is 6.43 Å². The molecular formula is C5H6F2O2. The van der Waals surface area contributed by atoms with Gasteiger partial charge in [0.2, 0.25) is 0 Å². The largest absolute Gasteiger partial charge is 0.506 e. The Morgan fingerprint density at radius 3 is 2.22 bits per heavy atom. The number of halogens is 2. The van der Waals surface area contributed by atoms with Crippen LogP contribution >= 0.6 is 0 Å². The third kappa shape index (κ3) is 3.64. The Balaban J connectivity index is 4.00. The van der Waals surface area contributed by atoms with E-state index in [4.69, 9.17) is 5.11 Å². The van der Waals surface area contributed by atoms with Crippen molar-refractivity contribution in [2.75, 3.05) is 0 Å². The van der Waals surface area contributed by atoms with E-state index in [-0.39, 0.29) is 0 Å². The molecule has 0 saturated heterocycles. The Bertz CT molecular complexity index is 140. The van der Waals surface area contributed by atoms with E-state index in [1.165, 1.54) is 0 Å². The van der Waals surface area contributed by atoms with Crippen molar-refractivity contribution in [1.29, 1.82) is 0 Å². The van der Waals surface area contributed by atoms with Gasteiger partial charge in [0, 0.05) is 6.08 Å². The van der Waals surface area contributed by atoms with E-state index in [0.717, 1.165) is 6.92 Å². The Morgan fingerprint density at radius 2 is 2.11 bits per heavy atom. The monoisotopic (exact) mass is 136 g/mol. The van der Waals surface area contributed by atoms with E-state index >= 15 is 0 Å². The maximum Gasteiger partial charge on any atom is 0.294 e. The van der Waals surface area contributed by atoms with Crippen LogP contribution in [0.25, 0.3) is 0 Å². The molecule has 0 radical (unpaired) electrons. The molecule has 0 atom stereocenters. The standard InChI is InChI=1S/C5H6F2O2/c1-3(8)2-4(9)5(6)7/h2,5,9H,1H3. The van der Waals surface area contributed by atoms with E-state index in [1.807, 2.05) is 0 Å². The number of aliphatic hydroxyl groups excluding tert-OH is 1. The lowest BCUT2D eigenvalue weighted by Gasteiger charge is -1.92. The zero-order chi connectivity index (χ0) is 7.44. The summed E-state index contributed by atoms with van der Waals surface area (Å²) >= 11 is 0. The predicted octanol–water partition coefficient (Wildman–Crippen LogP) is 1.28. The fourth-order valence-corrected chi connectivity index (χ4v) is 0.271. The zero-order valence-electron chi connectivity index (χ0n) is 4.77. The van der Waals surface area contributed by atoms with Gasteiger partial charge in [-0.15, -0.1) is 0 Å². The fraction of sp³-hybridized carbons (Fsp3) is 0.400. The van der Waals surface area contributed by atoms with Crippen molar-refractivity contribution in [3.05, 3.63) is 11.8 Å². The second-order valence-electron chi connectivity index (χ2n) is 1.48. The number of allylic oxidation sites excluding steroid dienone is 2. The SMILES string of the molecule is CC(=O)C=C(O)C(F)F. The van der Waals surface area contributed by atoms with Crippen LogP contribution < -0.4 is 0 Å². The Kier molecular flexibility index (Phi) is 2.84. The van der Waals surface area contributed by atoms with Crippen LogP contribution in [-0.4, -0.2) is 17.3 Å². The van der Waals surface area contributed by atoms with Crippen LogP contribution in [0, 0.1) is 0 Å². The molecule has 0 aliphatic carbocycles. The lowest BCUT2D eigenvalue weighted by molar-refractivity contribution is -0.112. The van der Waals surface area contributed by atoms with Gasteiger partial charge < -0.3 is 5.11 Å². The normalized spacial score (nSPS) is 12.2. The maximum atomic E-state index is 11.3. The summed E-state index contributed by atoms with van der Waals surface area (Å²) in [6, 6.07) is 0. The summed E-state index contributed by atoms with van der Waals surface area (Å²) in [7, 11) is 0. The van der Waals surface area contributed by atoms with E-state index in [1.54, 1.807) is 0 Å². The van der Waals surface area contributed by atoms with Crippen molar-refractivity contribution in [2.45, 2.75) is 13.3 Å². The first kappa shape index (κ1) is 8.07. The number of ketones is 1.